The van der Waals surface area contributed by atoms with Crippen molar-refractivity contribution in [2.24, 2.45) is 5.41 Å². The smallest absolute Gasteiger partial charge is 0.514 e. The Morgan fingerprint density at radius 2 is 1.06 bits per heavy atom. The Labute approximate surface area is 555 Å². The zero-order valence-electron chi connectivity index (χ0n) is 56.2. The van der Waals surface area contributed by atoms with Gasteiger partial charge in [0.2, 0.25) is 0 Å². The summed E-state index contributed by atoms with van der Waals surface area (Å²) in [5.41, 5.74) is 3.48. The Kier molecular flexibility index (Phi) is 32.9. The van der Waals surface area contributed by atoms with Crippen LogP contribution < -0.4 is 18.4 Å². The zero-order valence-corrected chi connectivity index (χ0v) is 57.8. The minimum absolute atomic E-state index is 0.149. The molecule has 0 aliphatic heterocycles. The number of benzene rings is 5. The van der Waals surface area contributed by atoms with E-state index in [4.69, 9.17) is 33.5 Å². The number of aliphatic hydroxyl groups is 2. The number of phenols is 1. The molecular weight excluding hydrogens is 1290 g/mol. The highest BCUT2D eigenvalue weighted by atomic mass is 32.2. The van der Waals surface area contributed by atoms with Crippen molar-refractivity contribution >= 4 is 38.3 Å². The first-order valence-corrected chi connectivity index (χ1v) is 33.7. The fourth-order valence-electron chi connectivity index (χ4n) is 8.45. The third kappa shape index (κ3) is 25.0. The van der Waals surface area contributed by atoms with Crippen molar-refractivity contribution in [1.29, 1.82) is 0 Å². The molecule has 3 unspecified atom stereocenters. The number of methoxy groups -OCH3 is 1. The minimum Gasteiger partial charge on any atom is -0.743 e. The van der Waals surface area contributed by atoms with Gasteiger partial charge in [0.05, 0.1) is 44.8 Å². The van der Waals surface area contributed by atoms with Crippen LogP contribution in [-0.4, -0.2) is 104 Å². The SMILES string of the molecule is CCC(C)(C)C(=O)OCCOC(=O)c1ccc(OS(=O)(=O)C(F)(F)C(F)(F)C(F)(F)S(=O)(=O)[O-])cc1.CCC(C)c1ccc(O)cc1.CCC(C)c1ccc(OC(=O)OC(C)(C)C)cc1.[CH2+]C(C)(c1ccc(OCCCCCCCC)cc1)c1c(CO)cc(OC)cc1CO. The summed E-state index contributed by atoms with van der Waals surface area (Å²) in [7, 11) is -12.9. The second-order valence-electron chi connectivity index (χ2n) is 24.1. The first kappa shape index (κ1) is 83.8. The number of unbranched alkanes of at least 4 members (excludes halogenated alkanes) is 5. The third-order valence-electron chi connectivity index (χ3n) is 15.0. The Morgan fingerprint density at radius 1 is 0.600 bits per heavy atom. The molecule has 3 N–H and O–H groups in total. The summed E-state index contributed by atoms with van der Waals surface area (Å²) < 4.78 is 170. The van der Waals surface area contributed by atoms with E-state index in [2.05, 4.69) is 45.7 Å². The van der Waals surface area contributed by atoms with Gasteiger partial charge in [0.25, 0.3) is 0 Å². The van der Waals surface area contributed by atoms with Crippen LogP contribution in [0.25, 0.3) is 0 Å². The van der Waals surface area contributed by atoms with Crippen LogP contribution in [0.2, 0.25) is 0 Å². The lowest BCUT2D eigenvalue weighted by atomic mass is 9.74. The normalized spacial score (nSPS) is 13.3. The molecule has 530 valence electrons. The number of phenolic OH excluding ortho intramolecular Hbond substituents is 1. The Balaban J connectivity index is 0.000000465. The van der Waals surface area contributed by atoms with Gasteiger partial charge in [0, 0.05) is 11.1 Å². The van der Waals surface area contributed by atoms with Crippen LogP contribution in [0, 0.1) is 12.3 Å². The number of hydrogen-bond donors (Lipinski definition) is 3. The highest BCUT2D eigenvalue weighted by Crippen LogP contribution is 2.51. The molecule has 0 aromatic heterocycles. The summed E-state index contributed by atoms with van der Waals surface area (Å²) in [5, 5.41) is 14.9. The van der Waals surface area contributed by atoms with Gasteiger partial charge in [-0.05, 0) is 174 Å². The highest BCUT2D eigenvalue weighted by molar-refractivity contribution is 7.88. The number of ether oxygens (including phenoxy) is 6. The topological polar surface area (TPSA) is 268 Å². The number of aliphatic hydroxyl groups excluding tert-OH is 2. The van der Waals surface area contributed by atoms with Crippen molar-refractivity contribution in [2.75, 3.05) is 26.9 Å². The number of alkyl halides is 6. The molecule has 5 rings (SSSR count). The maximum absolute atomic E-state index is 13.8. The fraction of sp³-hybridized carbons (Fsp3) is 0.507. The number of carbonyl (C=O) groups excluding carboxylic acids is 3. The van der Waals surface area contributed by atoms with Crippen molar-refractivity contribution < 1.29 is 110 Å². The number of hydrogen-bond acceptors (Lipinski definition) is 18. The Hall–Kier alpha value is -7.26. The van der Waals surface area contributed by atoms with E-state index in [1.807, 2.05) is 55.5 Å². The summed E-state index contributed by atoms with van der Waals surface area (Å²) >= 11 is 0. The van der Waals surface area contributed by atoms with Crippen LogP contribution >= 0.6 is 0 Å². The minimum atomic E-state index is -7.43. The molecule has 0 radical (unpaired) electrons. The van der Waals surface area contributed by atoms with E-state index >= 15 is 0 Å². The molecule has 0 amide bonds. The molecule has 0 spiro atoms. The molecule has 0 bridgehead atoms. The summed E-state index contributed by atoms with van der Waals surface area (Å²) in [6.45, 7) is 27.4. The van der Waals surface area contributed by atoms with E-state index in [1.54, 1.807) is 85.1 Å². The van der Waals surface area contributed by atoms with Crippen molar-refractivity contribution in [1.82, 2.24) is 0 Å². The molecule has 26 heteroatoms. The predicted molar refractivity (Wildman–Crippen MR) is 347 cm³/mol. The average Bonchev–Trinajstić information content (AvgIpc) is 0.727. The number of rotatable bonds is 30. The van der Waals surface area contributed by atoms with E-state index in [0.29, 0.717) is 70.9 Å². The lowest BCUT2D eigenvalue weighted by Crippen LogP contribution is -2.61. The molecule has 18 nitrogen and oxygen atoms in total. The molecule has 0 fully saturated rings. The van der Waals surface area contributed by atoms with Gasteiger partial charge in [-0.3, -0.25) is 4.79 Å². The van der Waals surface area contributed by atoms with Crippen molar-refractivity contribution in [2.45, 2.75) is 193 Å². The molecule has 5 aromatic rings. The first-order chi connectivity index (χ1) is 44.1. The molecule has 0 aliphatic carbocycles. The van der Waals surface area contributed by atoms with Gasteiger partial charge in [-0.1, -0.05) is 110 Å². The summed E-state index contributed by atoms with van der Waals surface area (Å²) in [4.78, 5) is 35.2. The van der Waals surface area contributed by atoms with Gasteiger partial charge in [-0.25, -0.2) is 18.0 Å². The van der Waals surface area contributed by atoms with E-state index in [0.717, 1.165) is 42.7 Å². The van der Waals surface area contributed by atoms with Crippen LogP contribution in [0.4, 0.5) is 31.1 Å². The molecule has 0 saturated heterocycles. The third-order valence-corrected chi connectivity index (χ3v) is 17.2. The van der Waals surface area contributed by atoms with Crippen molar-refractivity contribution in [3.63, 3.8) is 0 Å². The Bertz CT molecular complexity index is 3370. The first-order valence-electron chi connectivity index (χ1n) is 30.9. The monoisotopic (exact) mass is 1390 g/mol. The molecule has 0 aliphatic rings. The molecule has 0 heterocycles. The van der Waals surface area contributed by atoms with E-state index in [1.165, 1.54) is 43.2 Å². The number of aromatic hydroxyl groups is 1. The van der Waals surface area contributed by atoms with E-state index in [-0.39, 0.29) is 25.4 Å². The molecule has 95 heavy (non-hydrogen) atoms. The number of carbonyl (C=O) groups is 3. The van der Waals surface area contributed by atoms with Gasteiger partial charge >= 0.3 is 44.6 Å². The molecular formula is C69H92F6O18S2. The summed E-state index contributed by atoms with van der Waals surface area (Å²) in [6.07, 6.45) is 9.49. The van der Waals surface area contributed by atoms with E-state index < -0.39 is 83.5 Å². The second-order valence-corrected chi connectivity index (χ2v) is 27.1. The Morgan fingerprint density at radius 3 is 1.52 bits per heavy atom. The van der Waals surface area contributed by atoms with E-state index in [9.17, 15) is 72.3 Å². The van der Waals surface area contributed by atoms with Crippen LogP contribution in [0.5, 0.6) is 28.7 Å². The number of esters is 2. The molecule has 3 atom stereocenters. The summed E-state index contributed by atoms with van der Waals surface area (Å²) in [5.74, 6) is -6.61. The van der Waals surface area contributed by atoms with Gasteiger partial charge in [0.15, 0.2) is 15.5 Å². The standard InChI is InChI=1S/C26H37O4.C18H20F6O10S2.C15H22O3.C10H14O/c1-5-6-7-8-9-10-15-30-23-13-11-22(12-14-23)26(2,3)25-20(18-27)16-24(29-4)17-21(25)19-28;1-4-15(2,3)14(26)33-10-9-32-13(25)11-5-7-12(8-6-11)34-36(30,31)18(23,24)16(19,20)17(21,22)35(27,28)29;1-6-11(2)12-7-9-13(10-8-12)17-14(16)18-15(3,4)5;1-3-8(2)9-4-6-10(11)7-5-9/h11-14,16-17,27-28H,2,5-10,15,18-19H2,1,3-4H3;5-8H,4,9-10H2,1-3H3,(H,27,28,29);7-11H,6H2,1-5H3;4-8,11H,3H2,1-2H3/q+1;;;/p-1. The van der Waals surface area contributed by atoms with Crippen molar-refractivity contribution in [3.05, 3.63) is 155 Å². The average molecular weight is 1390 g/mol. The maximum atomic E-state index is 13.8. The largest absolute Gasteiger partial charge is 0.743 e. The lowest BCUT2D eigenvalue weighted by molar-refractivity contribution is -0.247. The second kappa shape index (κ2) is 37.3. The fourth-order valence-corrected chi connectivity index (χ4v) is 9.87. The zero-order chi connectivity index (χ0) is 72.4. The van der Waals surface area contributed by atoms with Crippen LogP contribution in [-0.2, 0) is 57.9 Å². The van der Waals surface area contributed by atoms with Gasteiger partial charge in [-0.15, -0.1) is 0 Å². The summed E-state index contributed by atoms with van der Waals surface area (Å²) in [6, 6.07) is 28.9. The maximum Gasteiger partial charge on any atom is 0.514 e. The predicted octanol–water partition coefficient (Wildman–Crippen LogP) is 15.9. The van der Waals surface area contributed by atoms with Gasteiger partial charge in [-0.2, -0.15) is 34.8 Å². The van der Waals surface area contributed by atoms with Gasteiger partial charge in [0.1, 0.15) is 47.6 Å². The molecule has 0 saturated carbocycles. The van der Waals surface area contributed by atoms with Gasteiger partial charge < -0.3 is 52.5 Å². The van der Waals surface area contributed by atoms with Crippen molar-refractivity contribution in [3.8, 4) is 28.7 Å². The highest BCUT2D eigenvalue weighted by Gasteiger charge is 2.81. The quantitative estimate of drug-likeness (QED) is 0.00563. The lowest BCUT2D eigenvalue weighted by Gasteiger charge is -2.32. The molecule has 5 aromatic carbocycles. The van der Waals surface area contributed by atoms with Crippen LogP contribution in [0.15, 0.2) is 109 Å². The number of halogens is 6. The van der Waals surface area contributed by atoms with Crippen LogP contribution in [0.1, 0.15) is 196 Å². The van der Waals surface area contributed by atoms with Crippen LogP contribution in [0.3, 0.4) is 0 Å².